The summed E-state index contributed by atoms with van der Waals surface area (Å²) in [5.41, 5.74) is 4.89. The van der Waals surface area contributed by atoms with E-state index < -0.39 is 16.4 Å². The van der Waals surface area contributed by atoms with Crippen molar-refractivity contribution < 1.29 is 13.8 Å². The summed E-state index contributed by atoms with van der Waals surface area (Å²) in [5.74, 6) is -1.00. The second-order valence-corrected chi connectivity index (χ2v) is 3.01. The van der Waals surface area contributed by atoms with Crippen molar-refractivity contribution in [1.29, 1.82) is 0 Å². The Balaban J connectivity index is 2.63. The lowest BCUT2D eigenvalue weighted by molar-refractivity contribution is -0.387. The molecule has 0 fully saturated rings. The summed E-state index contributed by atoms with van der Waals surface area (Å²) >= 11 is 0. The highest BCUT2D eigenvalue weighted by Gasteiger charge is 2.21. The van der Waals surface area contributed by atoms with E-state index in [-0.39, 0.29) is 17.0 Å². The molecule has 1 heterocycles. The van der Waals surface area contributed by atoms with Crippen LogP contribution >= 0.6 is 0 Å². The van der Waals surface area contributed by atoms with Crippen LogP contribution in [-0.2, 0) is 0 Å². The lowest BCUT2D eigenvalue weighted by atomic mass is 10.1. The summed E-state index contributed by atoms with van der Waals surface area (Å²) in [6.45, 7) is 0. The molecule has 0 aliphatic heterocycles. The molecule has 7 heteroatoms. The molecule has 0 amide bonds. The summed E-state index contributed by atoms with van der Waals surface area (Å²) in [7, 11) is 0. The second kappa shape index (κ2) is 3.61. The van der Waals surface area contributed by atoms with Crippen molar-refractivity contribution in [2.75, 3.05) is 5.73 Å². The van der Waals surface area contributed by atoms with Crippen LogP contribution in [0.2, 0.25) is 0 Å². The van der Waals surface area contributed by atoms with E-state index in [2.05, 4.69) is 5.16 Å². The molecule has 6 nitrogen and oxygen atoms in total. The lowest BCUT2D eigenvalue weighted by Crippen LogP contribution is -1.95. The van der Waals surface area contributed by atoms with Gasteiger partial charge in [0.15, 0.2) is 5.76 Å². The quantitative estimate of drug-likeness (QED) is 0.620. The molecule has 0 bridgehead atoms. The third-order valence-electron chi connectivity index (χ3n) is 2.02. The molecular formula is C9H6FN3O3. The van der Waals surface area contributed by atoms with Gasteiger partial charge < -0.3 is 10.3 Å². The summed E-state index contributed by atoms with van der Waals surface area (Å²) in [6.07, 6.45) is 1.20. The van der Waals surface area contributed by atoms with Crippen molar-refractivity contribution in [2.24, 2.45) is 0 Å². The first-order chi connectivity index (χ1) is 7.61. The first kappa shape index (κ1) is 10.1. The van der Waals surface area contributed by atoms with E-state index in [0.29, 0.717) is 0 Å². The van der Waals surface area contributed by atoms with Gasteiger partial charge in [-0.1, -0.05) is 11.2 Å². The number of aromatic nitrogens is 1. The SMILES string of the molecule is Nc1cnoc1-c1cccc([N+](=O)[O-])c1F. The number of rotatable bonds is 2. The molecule has 0 spiro atoms. The van der Waals surface area contributed by atoms with Crippen LogP contribution in [0.5, 0.6) is 0 Å². The van der Waals surface area contributed by atoms with E-state index in [9.17, 15) is 14.5 Å². The van der Waals surface area contributed by atoms with Gasteiger partial charge in [0.05, 0.1) is 16.7 Å². The lowest BCUT2D eigenvalue weighted by Gasteiger charge is -2.00. The van der Waals surface area contributed by atoms with Gasteiger partial charge in [-0.25, -0.2) is 0 Å². The van der Waals surface area contributed by atoms with Crippen LogP contribution in [0, 0.1) is 15.9 Å². The van der Waals surface area contributed by atoms with E-state index >= 15 is 0 Å². The van der Waals surface area contributed by atoms with Crippen LogP contribution in [0.15, 0.2) is 28.9 Å². The van der Waals surface area contributed by atoms with Crippen LogP contribution in [-0.4, -0.2) is 10.1 Å². The minimum absolute atomic E-state index is 0.0128. The Hall–Kier alpha value is -2.44. The largest absolute Gasteiger partial charge is 0.394 e. The van der Waals surface area contributed by atoms with Crippen LogP contribution in [0.25, 0.3) is 11.3 Å². The minimum Gasteiger partial charge on any atom is -0.394 e. The van der Waals surface area contributed by atoms with Gasteiger partial charge in [0.25, 0.3) is 0 Å². The molecule has 0 atom stereocenters. The van der Waals surface area contributed by atoms with Crippen molar-refractivity contribution in [2.45, 2.75) is 0 Å². The molecule has 2 aromatic rings. The van der Waals surface area contributed by atoms with Gasteiger partial charge in [0.2, 0.25) is 5.82 Å². The van der Waals surface area contributed by atoms with Gasteiger partial charge >= 0.3 is 5.69 Å². The maximum atomic E-state index is 13.7. The highest BCUT2D eigenvalue weighted by atomic mass is 19.1. The highest BCUT2D eigenvalue weighted by molar-refractivity contribution is 5.72. The Morgan fingerprint density at radius 1 is 1.50 bits per heavy atom. The molecule has 2 rings (SSSR count). The monoisotopic (exact) mass is 223 g/mol. The smallest absolute Gasteiger partial charge is 0.305 e. The zero-order valence-electron chi connectivity index (χ0n) is 7.88. The Labute approximate surface area is 88.6 Å². The number of hydrogen-bond acceptors (Lipinski definition) is 5. The van der Waals surface area contributed by atoms with Gasteiger partial charge in [0.1, 0.15) is 5.69 Å². The molecule has 0 aliphatic rings. The topological polar surface area (TPSA) is 95.2 Å². The third kappa shape index (κ3) is 1.48. The van der Waals surface area contributed by atoms with E-state index in [1.165, 1.54) is 18.3 Å². The fourth-order valence-electron chi connectivity index (χ4n) is 1.29. The van der Waals surface area contributed by atoms with E-state index in [0.717, 1.165) is 6.07 Å². The van der Waals surface area contributed by atoms with Crippen molar-refractivity contribution >= 4 is 11.4 Å². The molecular weight excluding hydrogens is 217 g/mol. The van der Waals surface area contributed by atoms with Gasteiger partial charge in [-0.05, 0) is 6.07 Å². The molecule has 0 saturated carbocycles. The number of anilines is 1. The summed E-state index contributed by atoms with van der Waals surface area (Å²) in [6, 6.07) is 3.74. The number of hydrogen-bond donors (Lipinski definition) is 1. The van der Waals surface area contributed by atoms with Crippen LogP contribution in [0.3, 0.4) is 0 Å². The Morgan fingerprint density at radius 3 is 2.81 bits per heavy atom. The Kier molecular flexibility index (Phi) is 2.28. The molecule has 0 radical (unpaired) electrons. The normalized spacial score (nSPS) is 10.3. The molecule has 0 unspecified atom stereocenters. The zero-order valence-corrected chi connectivity index (χ0v) is 7.88. The van der Waals surface area contributed by atoms with Crippen molar-refractivity contribution in [3.8, 4) is 11.3 Å². The third-order valence-corrected chi connectivity index (χ3v) is 2.02. The fourth-order valence-corrected chi connectivity index (χ4v) is 1.29. The second-order valence-electron chi connectivity index (χ2n) is 3.01. The molecule has 2 N–H and O–H groups in total. The predicted molar refractivity (Wildman–Crippen MR) is 53.0 cm³/mol. The van der Waals surface area contributed by atoms with Gasteiger partial charge in [-0.15, -0.1) is 0 Å². The van der Waals surface area contributed by atoms with Crippen molar-refractivity contribution in [3.05, 3.63) is 40.3 Å². The maximum Gasteiger partial charge on any atom is 0.305 e. The Bertz CT molecular complexity index is 553. The predicted octanol–water partition coefficient (Wildman–Crippen LogP) is 1.97. The molecule has 1 aromatic carbocycles. The summed E-state index contributed by atoms with van der Waals surface area (Å²) in [5, 5.41) is 13.9. The number of nitrogens with two attached hydrogens (primary N) is 1. The fraction of sp³-hybridized carbons (Fsp3) is 0. The summed E-state index contributed by atoms with van der Waals surface area (Å²) in [4.78, 5) is 9.70. The van der Waals surface area contributed by atoms with Crippen LogP contribution in [0.4, 0.5) is 15.8 Å². The van der Waals surface area contributed by atoms with Gasteiger partial charge in [0, 0.05) is 6.07 Å². The maximum absolute atomic E-state index is 13.7. The number of nitrogens with zero attached hydrogens (tertiary/aromatic N) is 2. The summed E-state index contributed by atoms with van der Waals surface area (Å²) < 4.78 is 18.4. The highest BCUT2D eigenvalue weighted by Crippen LogP contribution is 2.31. The first-order valence-corrected chi connectivity index (χ1v) is 4.24. The number of halogens is 1. The average molecular weight is 223 g/mol. The standard InChI is InChI=1S/C9H6FN3O3/c10-8-5(9-6(11)4-12-16-9)2-1-3-7(8)13(14)15/h1-4H,11H2. The number of benzene rings is 1. The average Bonchev–Trinajstić information content (AvgIpc) is 2.64. The van der Waals surface area contributed by atoms with Crippen LogP contribution < -0.4 is 5.73 Å². The van der Waals surface area contributed by atoms with Gasteiger partial charge in [-0.2, -0.15) is 4.39 Å². The van der Waals surface area contributed by atoms with Crippen LogP contribution in [0.1, 0.15) is 0 Å². The first-order valence-electron chi connectivity index (χ1n) is 4.24. The number of nitrogen functional groups attached to an aromatic ring is 1. The zero-order chi connectivity index (χ0) is 11.7. The molecule has 82 valence electrons. The molecule has 0 aliphatic carbocycles. The van der Waals surface area contributed by atoms with E-state index in [1.807, 2.05) is 0 Å². The minimum atomic E-state index is -0.990. The number of nitro groups is 1. The number of nitro benzene ring substituents is 1. The molecule has 0 saturated heterocycles. The van der Waals surface area contributed by atoms with Crippen molar-refractivity contribution in [3.63, 3.8) is 0 Å². The van der Waals surface area contributed by atoms with Gasteiger partial charge in [-0.3, -0.25) is 10.1 Å². The van der Waals surface area contributed by atoms with E-state index in [1.54, 1.807) is 0 Å². The van der Waals surface area contributed by atoms with E-state index in [4.69, 9.17) is 10.3 Å². The Morgan fingerprint density at radius 2 is 2.25 bits per heavy atom. The van der Waals surface area contributed by atoms with Crippen molar-refractivity contribution in [1.82, 2.24) is 5.16 Å². The molecule has 1 aromatic heterocycles. The molecule has 16 heavy (non-hydrogen) atoms.